The molecule has 1 aliphatic rings. The summed E-state index contributed by atoms with van der Waals surface area (Å²) < 4.78 is 0. The summed E-state index contributed by atoms with van der Waals surface area (Å²) in [7, 11) is 0. The average Bonchev–Trinajstić information content (AvgIpc) is 2.47. The van der Waals surface area contributed by atoms with E-state index in [1.807, 2.05) is 6.92 Å². The Kier molecular flexibility index (Phi) is 4.98. The molecule has 1 amide bonds. The van der Waals surface area contributed by atoms with Crippen LogP contribution in [0.15, 0.2) is 24.3 Å². The van der Waals surface area contributed by atoms with Gasteiger partial charge in [-0.15, -0.1) is 0 Å². The van der Waals surface area contributed by atoms with Gasteiger partial charge in [-0.3, -0.25) is 9.69 Å². The zero-order valence-electron chi connectivity index (χ0n) is 13.0. The molecule has 1 heterocycles. The van der Waals surface area contributed by atoms with Crippen molar-refractivity contribution < 1.29 is 4.79 Å². The maximum Gasteiger partial charge on any atom is 0.241 e. The first-order valence-corrected chi connectivity index (χ1v) is 7.58. The highest BCUT2D eigenvalue weighted by Gasteiger charge is 2.30. The molecule has 0 saturated carbocycles. The lowest BCUT2D eigenvalue weighted by molar-refractivity contribution is -0.122. The Labute approximate surface area is 126 Å². The molecule has 0 bridgehead atoms. The second kappa shape index (κ2) is 6.73. The third kappa shape index (κ3) is 3.83. The number of nitrogens with zero attached hydrogens (tertiary/aromatic N) is 2. The maximum atomic E-state index is 12.4. The largest absolute Gasteiger partial charge is 0.325 e. The third-order valence-electron chi connectivity index (χ3n) is 4.35. The van der Waals surface area contributed by atoms with Gasteiger partial charge in [0.05, 0.1) is 17.7 Å². The Morgan fingerprint density at radius 3 is 2.62 bits per heavy atom. The lowest BCUT2D eigenvalue weighted by Gasteiger charge is -2.39. The Bertz CT molecular complexity index is 532. The number of benzene rings is 1. The second-order valence-corrected chi connectivity index (χ2v) is 6.07. The van der Waals surface area contributed by atoms with Gasteiger partial charge >= 0.3 is 0 Å². The SMILES string of the molecule is CC1CCN(C(C)C(=O)Nc2ccc(C#N)cc2)C(C)C1. The number of carbonyl (C=O) groups excluding carboxylic acids is 1. The van der Waals surface area contributed by atoms with E-state index in [9.17, 15) is 4.79 Å². The van der Waals surface area contributed by atoms with E-state index in [0.29, 0.717) is 11.6 Å². The molecule has 0 aromatic heterocycles. The molecule has 3 unspecified atom stereocenters. The van der Waals surface area contributed by atoms with E-state index in [2.05, 4.69) is 30.1 Å². The van der Waals surface area contributed by atoms with Crippen LogP contribution in [0.2, 0.25) is 0 Å². The molecule has 21 heavy (non-hydrogen) atoms. The number of likely N-dealkylation sites (tertiary alicyclic amines) is 1. The van der Waals surface area contributed by atoms with Crippen LogP contribution in [-0.2, 0) is 4.79 Å². The Balaban J connectivity index is 1.97. The minimum absolute atomic E-state index is 0.0149. The van der Waals surface area contributed by atoms with Crippen LogP contribution in [0.1, 0.15) is 39.2 Å². The van der Waals surface area contributed by atoms with Gasteiger partial charge in [0.2, 0.25) is 5.91 Å². The van der Waals surface area contributed by atoms with Crippen LogP contribution < -0.4 is 5.32 Å². The van der Waals surface area contributed by atoms with Crippen LogP contribution in [0.25, 0.3) is 0 Å². The number of rotatable bonds is 3. The van der Waals surface area contributed by atoms with Crippen molar-refractivity contribution in [3.8, 4) is 6.07 Å². The smallest absolute Gasteiger partial charge is 0.241 e. The quantitative estimate of drug-likeness (QED) is 0.928. The van der Waals surface area contributed by atoms with Gasteiger partial charge in [0.15, 0.2) is 0 Å². The molecule has 1 fully saturated rings. The standard InChI is InChI=1S/C17H23N3O/c1-12-8-9-20(13(2)10-12)14(3)17(21)19-16-6-4-15(11-18)5-7-16/h4-7,12-14H,8-10H2,1-3H3,(H,19,21). The zero-order valence-corrected chi connectivity index (χ0v) is 13.0. The van der Waals surface area contributed by atoms with Crippen LogP contribution in [0.3, 0.4) is 0 Å². The monoisotopic (exact) mass is 285 g/mol. The maximum absolute atomic E-state index is 12.4. The molecule has 4 heteroatoms. The van der Waals surface area contributed by atoms with Crippen molar-refractivity contribution in [1.29, 1.82) is 5.26 Å². The van der Waals surface area contributed by atoms with E-state index in [4.69, 9.17) is 5.26 Å². The van der Waals surface area contributed by atoms with Gasteiger partial charge < -0.3 is 5.32 Å². The predicted octanol–water partition coefficient (Wildman–Crippen LogP) is 3.01. The van der Waals surface area contributed by atoms with E-state index >= 15 is 0 Å². The van der Waals surface area contributed by atoms with Crippen molar-refractivity contribution in [3.63, 3.8) is 0 Å². The minimum atomic E-state index is -0.136. The van der Waals surface area contributed by atoms with Crippen molar-refractivity contribution in [1.82, 2.24) is 4.90 Å². The first-order valence-electron chi connectivity index (χ1n) is 7.58. The number of hydrogen-bond donors (Lipinski definition) is 1. The highest BCUT2D eigenvalue weighted by Crippen LogP contribution is 2.24. The number of nitrogens with one attached hydrogen (secondary N) is 1. The number of piperidine rings is 1. The highest BCUT2D eigenvalue weighted by molar-refractivity contribution is 5.94. The van der Waals surface area contributed by atoms with Crippen molar-refractivity contribution in [2.45, 2.75) is 45.7 Å². The molecular formula is C17H23N3O. The molecule has 1 aromatic carbocycles. The summed E-state index contributed by atoms with van der Waals surface area (Å²) in [6, 6.07) is 9.34. The van der Waals surface area contributed by atoms with Crippen LogP contribution in [0.5, 0.6) is 0 Å². The second-order valence-electron chi connectivity index (χ2n) is 6.07. The van der Waals surface area contributed by atoms with Crippen LogP contribution >= 0.6 is 0 Å². The Morgan fingerprint density at radius 2 is 2.05 bits per heavy atom. The number of carbonyl (C=O) groups is 1. The molecule has 1 N–H and O–H groups in total. The Morgan fingerprint density at radius 1 is 1.38 bits per heavy atom. The van der Waals surface area contributed by atoms with Gasteiger partial charge in [-0.1, -0.05) is 6.92 Å². The van der Waals surface area contributed by atoms with E-state index in [1.54, 1.807) is 24.3 Å². The average molecular weight is 285 g/mol. The molecule has 1 aliphatic heterocycles. The van der Waals surface area contributed by atoms with Crippen molar-refractivity contribution in [2.24, 2.45) is 5.92 Å². The first kappa shape index (κ1) is 15.5. The van der Waals surface area contributed by atoms with Gasteiger partial charge in [-0.2, -0.15) is 5.26 Å². The van der Waals surface area contributed by atoms with Crippen molar-refractivity contribution >= 4 is 11.6 Å². The van der Waals surface area contributed by atoms with Crippen LogP contribution in [0.4, 0.5) is 5.69 Å². The molecule has 1 saturated heterocycles. The summed E-state index contributed by atoms with van der Waals surface area (Å²) in [5.41, 5.74) is 1.34. The molecule has 2 rings (SSSR count). The Hall–Kier alpha value is -1.86. The molecule has 0 aliphatic carbocycles. The first-order chi connectivity index (χ1) is 10.0. The van der Waals surface area contributed by atoms with Crippen LogP contribution in [0, 0.1) is 17.2 Å². The van der Waals surface area contributed by atoms with Gasteiger partial charge in [0.1, 0.15) is 0 Å². The molecule has 4 nitrogen and oxygen atoms in total. The lowest BCUT2D eigenvalue weighted by atomic mass is 9.92. The normalized spacial score (nSPS) is 24.1. The number of hydrogen-bond acceptors (Lipinski definition) is 3. The zero-order chi connectivity index (χ0) is 15.4. The number of nitriles is 1. The third-order valence-corrected chi connectivity index (χ3v) is 4.35. The molecule has 0 spiro atoms. The van der Waals surface area contributed by atoms with Gasteiger partial charge in [0.25, 0.3) is 0 Å². The summed E-state index contributed by atoms with van der Waals surface area (Å²) in [6.07, 6.45) is 2.30. The molecule has 3 atom stereocenters. The molecule has 112 valence electrons. The fraction of sp³-hybridized carbons (Fsp3) is 0.529. The number of amides is 1. The van der Waals surface area contributed by atoms with E-state index < -0.39 is 0 Å². The summed E-state index contributed by atoms with van der Waals surface area (Å²) in [6.45, 7) is 7.41. The topological polar surface area (TPSA) is 56.1 Å². The summed E-state index contributed by atoms with van der Waals surface area (Å²) in [5.74, 6) is 0.756. The lowest BCUT2D eigenvalue weighted by Crippen LogP contribution is -2.50. The fourth-order valence-corrected chi connectivity index (χ4v) is 3.03. The fourth-order valence-electron chi connectivity index (χ4n) is 3.03. The minimum Gasteiger partial charge on any atom is -0.325 e. The highest BCUT2D eigenvalue weighted by atomic mass is 16.2. The van der Waals surface area contributed by atoms with Crippen LogP contribution in [-0.4, -0.2) is 29.4 Å². The van der Waals surface area contributed by atoms with Gasteiger partial charge in [-0.25, -0.2) is 0 Å². The van der Waals surface area contributed by atoms with E-state index in [0.717, 1.165) is 31.0 Å². The van der Waals surface area contributed by atoms with E-state index in [-0.39, 0.29) is 11.9 Å². The summed E-state index contributed by atoms with van der Waals surface area (Å²) in [4.78, 5) is 14.7. The molecule has 1 aromatic rings. The van der Waals surface area contributed by atoms with Gasteiger partial charge in [0, 0.05) is 11.7 Å². The number of anilines is 1. The van der Waals surface area contributed by atoms with Crippen molar-refractivity contribution in [2.75, 3.05) is 11.9 Å². The molecular weight excluding hydrogens is 262 g/mol. The van der Waals surface area contributed by atoms with Gasteiger partial charge in [-0.05, 0) is 63.4 Å². The molecule has 0 radical (unpaired) electrons. The summed E-state index contributed by atoms with van der Waals surface area (Å²) in [5, 5.41) is 11.7. The van der Waals surface area contributed by atoms with Crippen molar-refractivity contribution in [3.05, 3.63) is 29.8 Å². The predicted molar refractivity (Wildman–Crippen MR) is 83.8 cm³/mol. The summed E-state index contributed by atoms with van der Waals surface area (Å²) >= 11 is 0. The van der Waals surface area contributed by atoms with E-state index in [1.165, 1.54) is 0 Å².